The SMILES string of the molecule is CCO/C=C(\C(=O)c1ccc(Cl)c2c(OC)c(C)sc12)C(=O)C1CC1. The number of ketones is 2. The Kier molecular flexibility index (Phi) is 5.16. The number of benzene rings is 1. The van der Waals surface area contributed by atoms with Crippen molar-refractivity contribution in [3.63, 3.8) is 0 Å². The Morgan fingerprint density at radius 1 is 1.36 bits per heavy atom. The topological polar surface area (TPSA) is 52.6 Å². The van der Waals surface area contributed by atoms with E-state index in [0.717, 1.165) is 22.4 Å². The zero-order valence-corrected chi connectivity index (χ0v) is 15.9. The molecule has 0 bridgehead atoms. The maximum Gasteiger partial charge on any atom is 0.201 e. The van der Waals surface area contributed by atoms with E-state index >= 15 is 0 Å². The normalized spacial score (nSPS) is 14.6. The molecule has 6 heteroatoms. The number of thiophene rings is 1. The number of halogens is 1. The van der Waals surface area contributed by atoms with Crippen LogP contribution in [0.15, 0.2) is 24.0 Å². The lowest BCUT2D eigenvalue weighted by atomic mass is 9.97. The van der Waals surface area contributed by atoms with E-state index in [2.05, 4.69) is 0 Å². The first-order valence-corrected chi connectivity index (χ1v) is 9.35. The Morgan fingerprint density at radius 3 is 2.68 bits per heavy atom. The summed E-state index contributed by atoms with van der Waals surface area (Å²) in [6, 6.07) is 3.34. The van der Waals surface area contributed by atoms with Gasteiger partial charge in [0, 0.05) is 16.4 Å². The predicted octanol–water partition coefficient (Wildman–Crippen LogP) is 4.95. The molecule has 0 aliphatic heterocycles. The fourth-order valence-electron chi connectivity index (χ4n) is 2.78. The average molecular weight is 379 g/mol. The molecule has 3 rings (SSSR count). The van der Waals surface area contributed by atoms with Crippen LogP contribution in [0.3, 0.4) is 0 Å². The number of carbonyl (C=O) groups is 2. The number of rotatable bonds is 7. The van der Waals surface area contributed by atoms with Gasteiger partial charge in [0.1, 0.15) is 11.3 Å². The molecule has 25 heavy (non-hydrogen) atoms. The van der Waals surface area contributed by atoms with Crippen LogP contribution < -0.4 is 4.74 Å². The van der Waals surface area contributed by atoms with Gasteiger partial charge in [0.25, 0.3) is 0 Å². The first kappa shape index (κ1) is 18.0. The standard InChI is InChI=1S/C19H19ClO4S/c1-4-24-9-13(16(21)11-5-6-11)17(22)12-7-8-14(20)15-18(23-3)10(2)25-19(12)15/h7-9,11H,4-6H2,1-3H3/b13-9-. The second kappa shape index (κ2) is 7.18. The molecular weight excluding hydrogens is 360 g/mol. The summed E-state index contributed by atoms with van der Waals surface area (Å²) in [4.78, 5) is 26.6. The molecule has 0 unspecified atom stereocenters. The van der Waals surface area contributed by atoms with Crippen molar-refractivity contribution in [3.05, 3.63) is 39.4 Å². The lowest BCUT2D eigenvalue weighted by Crippen LogP contribution is -2.15. The maximum absolute atomic E-state index is 13.1. The number of methoxy groups -OCH3 is 1. The van der Waals surface area contributed by atoms with Gasteiger partial charge in [-0.15, -0.1) is 11.3 Å². The molecule has 0 radical (unpaired) electrons. The molecule has 0 spiro atoms. The van der Waals surface area contributed by atoms with E-state index in [9.17, 15) is 9.59 Å². The largest absolute Gasteiger partial charge is 0.501 e. The first-order chi connectivity index (χ1) is 12.0. The van der Waals surface area contributed by atoms with Crippen molar-refractivity contribution in [1.82, 2.24) is 0 Å². The molecule has 1 aliphatic carbocycles. The van der Waals surface area contributed by atoms with Gasteiger partial charge in [0.15, 0.2) is 5.78 Å². The van der Waals surface area contributed by atoms with Crippen LogP contribution in [0.2, 0.25) is 5.02 Å². The third kappa shape index (κ3) is 3.31. The minimum atomic E-state index is -0.323. The van der Waals surface area contributed by atoms with Crippen molar-refractivity contribution in [3.8, 4) is 5.75 Å². The fraction of sp³-hybridized carbons (Fsp3) is 0.368. The molecule has 0 atom stereocenters. The van der Waals surface area contributed by atoms with E-state index < -0.39 is 0 Å². The van der Waals surface area contributed by atoms with Crippen molar-refractivity contribution >= 4 is 44.6 Å². The van der Waals surface area contributed by atoms with E-state index in [1.54, 1.807) is 19.2 Å². The Labute approximate surface area is 155 Å². The molecule has 0 N–H and O–H groups in total. The molecule has 1 heterocycles. The van der Waals surface area contributed by atoms with Crippen LogP contribution in [-0.4, -0.2) is 25.3 Å². The molecule has 2 aromatic rings. The second-order valence-electron chi connectivity index (χ2n) is 5.95. The Bertz CT molecular complexity index is 877. The molecular formula is C19H19ClO4S. The maximum atomic E-state index is 13.1. The number of Topliss-reactive ketones (excluding diaryl/α,β-unsaturated/α-hetero) is 2. The fourth-order valence-corrected chi connectivity index (χ4v) is 4.24. The third-order valence-corrected chi connectivity index (χ3v) is 5.62. The highest BCUT2D eigenvalue weighted by molar-refractivity contribution is 7.20. The van der Waals surface area contributed by atoms with Gasteiger partial charge < -0.3 is 9.47 Å². The predicted molar refractivity (Wildman–Crippen MR) is 99.9 cm³/mol. The van der Waals surface area contributed by atoms with Gasteiger partial charge in [-0.1, -0.05) is 11.6 Å². The highest BCUT2D eigenvalue weighted by atomic mass is 35.5. The number of fused-ring (bicyclic) bond motifs is 1. The Hall–Kier alpha value is -1.85. The van der Waals surface area contributed by atoms with Crippen LogP contribution in [-0.2, 0) is 9.53 Å². The summed E-state index contributed by atoms with van der Waals surface area (Å²) in [5, 5.41) is 1.24. The summed E-state index contributed by atoms with van der Waals surface area (Å²) in [6.45, 7) is 4.13. The Morgan fingerprint density at radius 2 is 2.08 bits per heavy atom. The third-order valence-electron chi connectivity index (χ3n) is 4.18. The molecule has 1 saturated carbocycles. The minimum absolute atomic E-state index is 0.0574. The molecule has 0 saturated heterocycles. The second-order valence-corrected chi connectivity index (χ2v) is 7.58. The molecule has 1 fully saturated rings. The molecule has 0 amide bonds. The number of aryl methyl sites for hydroxylation is 1. The van der Waals surface area contributed by atoms with Gasteiger partial charge in [-0.2, -0.15) is 0 Å². The van der Waals surface area contributed by atoms with Gasteiger partial charge in [0.2, 0.25) is 5.78 Å². The number of allylic oxidation sites excluding steroid dienone is 1. The van der Waals surface area contributed by atoms with Crippen molar-refractivity contribution in [2.45, 2.75) is 26.7 Å². The number of carbonyl (C=O) groups excluding carboxylic acids is 2. The van der Waals surface area contributed by atoms with E-state index in [4.69, 9.17) is 21.1 Å². The molecule has 4 nitrogen and oxygen atoms in total. The summed E-state index contributed by atoms with van der Waals surface area (Å²) in [6.07, 6.45) is 2.97. The highest BCUT2D eigenvalue weighted by Crippen LogP contribution is 2.43. The van der Waals surface area contributed by atoms with Crippen molar-refractivity contribution < 1.29 is 19.1 Å². The van der Waals surface area contributed by atoms with E-state index in [1.807, 2.05) is 13.8 Å². The van der Waals surface area contributed by atoms with E-state index in [1.165, 1.54) is 17.6 Å². The van der Waals surface area contributed by atoms with Crippen molar-refractivity contribution in [1.29, 1.82) is 0 Å². The van der Waals surface area contributed by atoms with Gasteiger partial charge in [0.05, 0.1) is 35.1 Å². The lowest BCUT2D eigenvalue weighted by Gasteiger charge is -2.08. The molecule has 1 aromatic heterocycles. The van der Waals surface area contributed by atoms with Gasteiger partial charge >= 0.3 is 0 Å². The van der Waals surface area contributed by atoms with E-state index in [-0.39, 0.29) is 23.1 Å². The van der Waals surface area contributed by atoms with Crippen LogP contribution >= 0.6 is 22.9 Å². The van der Waals surface area contributed by atoms with Crippen molar-refractivity contribution in [2.75, 3.05) is 13.7 Å². The van der Waals surface area contributed by atoms with Crippen LogP contribution in [0.5, 0.6) is 5.75 Å². The van der Waals surface area contributed by atoms with Crippen LogP contribution in [0, 0.1) is 12.8 Å². The molecule has 1 aromatic carbocycles. The van der Waals surface area contributed by atoms with Gasteiger partial charge in [-0.25, -0.2) is 0 Å². The van der Waals surface area contributed by atoms with Gasteiger partial charge in [-0.3, -0.25) is 9.59 Å². The summed E-state index contributed by atoms with van der Waals surface area (Å²) in [5.41, 5.74) is 0.564. The first-order valence-electron chi connectivity index (χ1n) is 8.15. The zero-order chi connectivity index (χ0) is 18.1. The number of ether oxygens (including phenoxy) is 2. The summed E-state index contributed by atoms with van der Waals surface area (Å²) in [5.74, 6) is 0.152. The summed E-state index contributed by atoms with van der Waals surface area (Å²) in [7, 11) is 1.58. The number of hydrogen-bond acceptors (Lipinski definition) is 5. The van der Waals surface area contributed by atoms with Gasteiger partial charge in [-0.05, 0) is 38.8 Å². The highest BCUT2D eigenvalue weighted by Gasteiger charge is 2.35. The summed E-state index contributed by atoms with van der Waals surface area (Å²) >= 11 is 7.77. The monoisotopic (exact) mass is 378 g/mol. The zero-order valence-electron chi connectivity index (χ0n) is 14.3. The van der Waals surface area contributed by atoms with Crippen LogP contribution in [0.25, 0.3) is 10.1 Å². The average Bonchev–Trinajstić information content (AvgIpc) is 3.38. The number of hydrogen-bond donors (Lipinski definition) is 0. The van der Waals surface area contributed by atoms with E-state index in [0.29, 0.717) is 28.3 Å². The van der Waals surface area contributed by atoms with Crippen LogP contribution in [0.4, 0.5) is 0 Å². The quantitative estimate of drug-likeness (QED) is 0.225. The smallest absolute Gasteiger partial charge is 0.201 e. The lowest BCUT2D eigenvalue weighted by molar-refractivity contribution is -0.116. The Balaban J connectivity index is 2.12. The van der Waals surface area contributed by atoms with Crippen molar-refractivity contribution in [2.24, 2.45) is 5.92 Å². The molecule has 1 aliphatic rings. The van der Waals surface area contributed by atoms with Crippen LogP contribution in [0.1, 0.15) is 35.0 Å². The summed E-state index contributed by atoms with van der Waals surface area (Å²) < 4.78 is 11.4. The molecule has 132 valence electrons. The minimum Gasteiger partial charge on any atom is -0.501 e.